The Labute approximate surface area is 418 Å². The number of hydrogen-bond acceptors (Lipinski definition) is 3. The van der Waals surface area contributed by atoms with Crippen molar-refractivity contribution >= 4 is 7.32 Å². The molecule has 0 saturated carbocycles. The van der Waals surface area contributed by atoms with E-state index in [1.54, 1.807) is 26.8 Å². The molecule has 0 fully saturated rings. The monoisotopic (exact) mass is 1140 g/mol. The number of benzene rings is 4. The molecule has 0 bridgehead atoms. The average molecular weight is 1140 g/mol. The van der Waals surface area contributed by atoms with Gasteiger partial charge in [0.15, 0.2) is 0 Å². The maximum atomic E-state index is 15.1. The van der Waals surface area contributed by atoms with Crippen LogP contribution < -0.4 is 14.0 Å². The standard InChI is InChI=1S/C39H39BF18NO3.C8H3F6/c1-5-9-12-59(13-10-6-2,14-11-7-3)31(8-4)33-30(39(56,57)58)21-27(38(53,54)55)22-32(33)62-40(60-28-17-23(34(41,42)43)15-24(18-28)35(44,45)46)61-29-19-25(36(47,48)49)16-26(20-29)37(50,51)52;9-7(10,11)5-2-1-3-6(4-5)8(12,13)14/h8,15-22,31H,4-7,9-14H2,1-3H3;2-4H/q+1;-1. The van der Waals surface area contributed by atoms with Crippen LogP contribution in [0, 0.1) is 6.07 Å². The van der Waals surface area contributed by atoms with Gasteiger partial charge in [-0.25, -0.2) is 0 Å². The molecule has 0 aliphatic rings. The van der Waals surface area contributed by atoms with Crippen molar-refractivity contribution in [2.75, 3.05) is 19.6 Å². The molecule has 0 radical (unpaired) electrons. The van der Waals surface area contributed by atoms with E-state index < -0.39 is 142 Å². The third kappa shape index (κ3) is 18.0. The zero-order valence-corrected chi connectivity index (χ0v) is 39.4. The SMILES string of the molecule is C=CC(c1c(OB(Oc2cc(C(F)(F)F)cc(C(F)(F)F)c2)Oc2cc(C(F)(F)F)cc(C(F)(F)F)c2)cc(C(F)(F)F)cc1C(F)(F)F)[N+](CCCC)(CCCC)CCCC.FC(F)(F)c1c[c-]cc(C(F)(F)F)c1. The summed E-state index contributed by atoms with van der Waals surface area (Å²) in [6.45, 7) is 9.11. The van der Waals surface area contributed by atoms with Crippen LogP contribution in [-0.4, -0.2) is 31.4 Å². The highest BCUT2D eigenvalue weighted by molar-refractivity contribution is 6.39. The van der Waals surface area contributed by atoms with Gasteiger partial charge in [-0.1, -0.05) is 57.7 Å². The van der Waals surface area contributed by atoms with Gasteiger partial charge in [0.1, 0.15) is 23.3 Å². The smallest absolute Gasteiger partial charge is 0.490 e. The molecule has 0 aromatic heterocycles. The summed E-state index contributed by atoms with van der Waals surface area (Å²) in [5, 5.41) is 0. The Bertz CT molecular complexity index is 2340. The van der Waals surface area contributed by atoms with Crippen LogP contribution in [0.1, 0.15) is 115 Å². The second-order valence-corrected chi connectivity index (χ2v) is 16.7. The van der Waals surface area contributed by atoms with E-state index in [9.17, 15) is 92.2 Å². The zero-order chi connectivity index (χ0) is 58.3. The summed E-state index contributed by atoms with van der Waals surface area (Å²) >= 11 is 0. The van der Waals surface area contributed by atoms with Crippen LogP contribution in [0.25, 0.3) is 0 Å². The lowest BCUT2D eigenvalue weighted by molar-refractivity contribution is -0.951. The van der Waals surface area contributed by atoms with E-state index in [1.807, 2.05) is 0 Å². The largest absolute Gasteiger partial charge is 0.864 e. The third-order valence-electron chi connectivity index (χ3n) is 11.0. The summed E-state index contributed by atoms with van der Waals surface area (Å²) in [4.78, 5) is 0. The molecule has 0 amide bonds. The van der Waals surface area contributed by atoms with Crippen molar-refractivity contribution in [2.24, 2.45) is 0 Å². The zero-order valence-electron chi connectivity index (χ0n) is 39.4. The van der Waals surface area contributed by atoms with Crippen molar-refractivity contribution in [3.05, 3.63) is 136 Å². The number of nitrogens with zero attached hydrogens (tertiary/aromatic N) is 1. The molecule has 0 saturated heterocycles. The maximum Gasteiger partial charge on any atom is 0.864 e. The Morgan fingerprint density at radius 1 is 0.434 bits per heavy atom. The first-order chi connectivity index (χ1) is 34.5. The molecule has 4 aromatic rings. The molecule has 1 unspecified atom stereocenters. The number of halogens is 24. The van der Waals surface area contributed by atoms with Crippen molar-refractivity contribution in [2.45, 2.75) is 115 Å². The number of hydrogen-bond donors (Lipinski definition) is 0. The second-order valence-electron chi connectivity index (χ2n) is 16.7. The molecule has 0 heterocycles. The lowest BCUT2D eigenvalue weighted by Crippen LogP contribution is -2.52. The van der Waals surface area contributed by atoms with Crippen LogP contribution in [0.2, 0.25) is 0 Å². The number of alkyl halides is 24. The van der Waals surface area contributed by atoms with E-state index in [2.05, 4.69) is 6.58 Å². The topological polar surface area (TPSA) is 27.7 Å². The summed E-state index contributed by atoms with van der Waals surface area (Å²) in [6, 6.07) is -0.692. The van der Waals surface area contributed by atoms with Crippen molar-refractivity contribution < 1.29 is 124 Å². The molecule has 29 heteroatoms. The Morgan fingerprint density at radius 2 is 0.737 bits per heavy atom. The first-order valence-corrected chi connectivity index (χ1v) is 22.1. The van der Waals surface area contributed by atoms with Crippen molar-refractivity contribution in [3.63, 3.8) is 0 Å². The van der Waals surface area contributed by atoms with Crippen LogP contribution in [0.5, 0.6) is 17.2 Å². The van der Waals surface area contributed by atoms with Gasteiger partial charge in [0.2, 0.25) is 0 Å². The van der Waals surface area contributed by atoms with Crippen molar-refractivity contribution in [3.8, 4) is 17.2 Å². The van der Waals surface area contributed by atoms with E-state index >= 15 is 13.2 Å². The molecular formula is C47H42BF24NO3. The van der Waals surface area contributed by atoms with Crippen molar-refractivity contribution in [1.29, 1.82) is 0 Å². The van der Waals surface area contributed by atoms with Crippen LogP contribution in [0.15, 0.2) is 79.4 Å². The van der Waals surface area contributed by atoms with Gasteiger partial charge >= 0.3 is 56.7 Å². The highest BCUT2D eigenvalue weighted by atomic mass is 19.4. The number of quaternary nitrogens is 1. The van der Waals surface area contributed by atoms with Crippen LogP contribution in [-0.2, 0) is 49.4 Å². The van der Waals surface area contributed by atoms with Gasteiger partial charge in [-0.2, -0.15) is 124 Å². The Morgan fingerprint density at radius 3 is 1.01 bits per heavy atom. The predicted octanol–water partition coefficient (Wildman–Crippen LogP) is 18.3. The molecule has 0 aliphatic carbocycles. The Hall–Kier alpha value is -5.64. The molecule has 0 spiro atoms. The van der Waals surface area contributed by atoms with Gasteiger partial charge in [0, 0.05) is 0 Å². The Kier molecular flexibility index (Phi) is 20.7. The van der Waals surface area contributed by atoms with Crippen molar-refractivity contribution in [1.82, 2.24) is 0 Å². The van der Waals surface area contributed by atoms with Crippen LogP contribution in [0.4, 0.5) is 105 Å². The van der Waals surface area contributed by atoms with Gasteiger partial charge in [0.25, 0.3) is 0 Å². The minimum Gasteiger partial charge on any atom is -0.490 e. The minimum absolute atomic E-state index is 0.0461. The maximum absolute atomic E-state index is 15.1. The molecule has 424 valence electrons. The van der Waals surface area contributed by atoms with Gasteiger partial charge in [-0.05, 0) is 73.9 Å². The van der Waals surface area contributed by atoms with E-state index in [0.717, 1.165) is 6.08 Å². The Balaban J connectivity index is 0.000000935. The molecule has 4 aromatic carbocycles. The summed E-state index contributed by atoms with van der Waals surface area (Å²) < 4.78 is 342. The first kappa shape index (κ1) is 64.7. The van der Waals surface area contributed by atoms with Crippen LogP contribution in [0.3, 0.4) is 0 Å². The first-order valence-electron chi connectivity index (χ1n) is 22.1. The molecular weight excluding hydrogens is 1090 g/mol. The number of unbranched alkanes of at least 4 members (excludes halogenated alkanes) is 3. The summed E-state index contributed by atoms with van der Waals surface area (Å²) in [5.41, 5.74) is -16.4. The fourth-order valence-corrected chi connectivity index (χ4v) is 7.40. The normalized spacial score (nSPS) is 13.7. The summed E-state index contributed by atoms with van der Waals surface area (Å²) in [5.74, 6) is -4.70. The summed E-state index contributed by atoms with van der Waals surface area (Å²) in [6.07, 6.45) is -39.9. The highest BCUT2D eigenvalue weighted by Gasteiger charge is 2.49. The summed E-state index contributed by atoms with van der Waals surface area (Å²) in [7, 11) is -3.30. The molecule has 4 rings (SSSR count). The van der Waals surface area contributed by atoms with E-state index in [4.69, 9.17) is 14.0 Å². The van der Waals surface area contributed by atoms with Gasteiger partial charge < -0.3 is 18.4 Å². The van der Waals surface area contributed by atoms with Gasteiger partial charge in [-0.3, -0.25) is 0 Å². The fraction of sp³-hybridized carbons (Fsp3) is 0.447. The number of rotatable bonds is 18. The molecule has 4 nitrogen and oxygen atoms in total. The predicted molar refractivity (Wildman–Crippen MR) is 225 cm³/mol. The van der Waals surface area contributed by atoms with E-state index in [0.29, 0.717) is 50.7 Å². The van der Waals surface area contributed by atoms with Gasteiger partial charge in [0.05, 0.1) is 58.6 Å². The molecule has 76 heavy (non-hydrogen) atoms. The quantitative estimate of drug-likeness (QED) is 0.0327. The lowest BCUT2D eigenvalue weighted by Gasteiger charge is -2.45. The minimum atomic E-state index is -5.69. The second kappa shape index (κ2) is 24.4. The fourth-order valence-electron chi connectivity index (χ4n) is 7.40. The van der Waals surface area contributed by atoms with Gasteiger partial charge in [-0.15, -0.1) is 6.07 Å². The third-order valence-corrected chi connectivity index (χ3v) is 11.0. The lowest BCUT2D eigenvalue weighted by atomic mass is 9.91. The van der Waals surface area contributed by atoms with E-state index in [1.165, 1.54) is 0 Å². The average Bonchev–Trinajstić information content (AvgIpc) is 3.27. The van der Waals surface area contributed by atoms with E-state index in [-0.39, 0.29) is 66.6 Å². The molecule has 0 aliphatic heterocycles. The molecule has 0 N–H and O–H groups in total. The molecule has 1 atom stereocenters. The van der Waals surface area contributed by atoms with Crippen LogP contribution >= 0.6 is 0 Å². The highest BCUT2D eigenvalue weighted by Crippen LogP contribution is 2.49.